The molecule has 2 rings (SSSR count). The van der Waals surface area contributed by atoms with Crippen molar-refractivity contribution in [3.8, 4) is 0 Å². The maximum atomic E-state index is 5.51. The fourth-order valence-corrected chi connectivity index (χ4v) is 1.78. The molecule has 15 heavy (non-hydrogen) atoms. The van der Waals surface area contributed by atoms with Gasteiger partial charge in [0.15, 0.2) is 0 Å². The fourth-order valence-electron chi connectivity index (χ4n) is 1.78. The molecule has 78 valence electrons. The highest BCUT2D eigenvalue weighted by molar-refractivity contribution is 5.30. The van der Waals surface area contributed by atoms with Crippen molar-refractivity contribution in [3.05, 3.63) is 58.5 Å². The van der Waals surface area contributed by atoms with Gasteiger partial charge in [0, 0.05) is 6.42 Å². The van der Waals surface area contributed by atoms with Crippen molar-refractivity contribution in [1.29, 1.82) is 0 Å². The van der Waals surface area contributed by atoms with E-state index in [1.165, 1.54) is 16.7 Å². The summed E-state index contributed by atoms with van der Waals surface area (Å²) in [6.07, 6.45) is 0.962. The summed E-state index contributed by atoms with van der Waals surface area (Å²) < 4.78 is 5.51. The second-order valence-electron chi connectivity index (χ2n) is 4.10. The Morgan fingerprint density at radius 3 is 2.20 bits per heavy atom. The third kappa shape index (κ3) is 2.30. The molecule has 1 nitrogen and oxygen atoms in total. The molecule has 2 aromatic rings. The van der Waals surface area contributed by atoms with Crippen LogP contribution in [-0.4, -0.2) is 0 Å². The molecule has 1 heterocycles. The summed E-state index contributed by atoms with van der Waals surface area (Å²) in [5, 5.41) is 0. The lowest BCUT2D eigenvalue weighted by atomic mass is 10.0. The Bertz CT molecular complexity index is 449. The number of benzene rings is 1. The molecule has 0 saturated carbocycles. The van der Waals surface area contributed by atoms with Gasteiger partial charge in [-0.3, -0.25) is 0 Å². The number of rotatable bonds is 2. The maximum Gasteiger partial charge on any atom is 0.104 e. The quantitative estimate of drug-likeness (QED) is 0.718. The first-order chi connectivity index (χ1) is 7.15. The summed E-state index contributed by atoms with van der Waals surface area (Å²) >= 11 is 0. The lowest BCUT2D eigenvalue weighted by Crippen LogP contribution is -1.87. The number of aryl methyl sites for hydroxylation is 3. The Morgan fingerprint density at radius 1 is 1.00 bits per heavy atom. The van der Waals surface area contributed by atoms with E-state index >= 15 is 0 Å². The highest BCUT2D eigenvalue weighted by atomic mass is 16.3. The average Bonchev–Trinajstić information content (AvgIpc) is 2.49. The molecule has 0 bridgehead atoms. The predicted octanol–water partition coefficient (Wildman–Crippen LogP) is 3.80. The van der Waals surface area contributed by atoms with Crippen LogP contribution in [0.1, 0.15) is 28.2 Å². The van der Waals surface area contributed by atoms with Crippen LogP contribution in [0.2, 0.25) is 0 Å². The van der Waals surface area contributed by atoms with E-state index in [4.69, 9.17) is 4.42 Å². The molecule has 0 saturated heterocycles. The summed E-state index contributed by atoms with van der Waals surface area (Å²) in [5.74, 6) is 2.03. The van der Waals surface area contributed by atoms with Crippen molar-refractivity contribution in [2.24, 2.45) is 0 Å². The van der Waals surface area contributed by atoms with Gasteiger partial charge >= 0.3 is 0 Å². The summed E-state index contributed by atoms with van der Waals surface area (Å²) in [6.45, 7) is 6.12. The number of hydrogen-bond acceptors (Lipinski definition) is 1. The lowest BCUT2D eigenvalue weighted by molar-refractivity contribution is 0.502. The van der Waals surface area contributed by atoms with Gasteiger partial charge in [-0.1, -0.05) is 29.8 Å². The van der Waals surface area contributed by atoms with Crippen LogP contribution in [0.5, 0.6) is 0 Å². The second kappa shape index (κ2) is 3.93. The van der Waals surface area contributed by atoms with Crippen LogP contribution in [0.15, 0.2) is 34.7 Å². The molecular weight excluding hydrogens is 184 g/mol. The Hall–Kier alpha value is -1.50. The molecule has 0 amide bonds. The zero-order valence-corrected chi connectivity index (χ0v) is 9.50. The minimum Gasteiger partial charge on any atom is -0.466 e. The smallest absolute Gasteiger partial charge is 0.104 e. The van der Waals surface area contributed by atoms with Crippen molar-refractivity contribution in [3.63, 3.8) is 0 Å². The third-order valence-electron chi connectivity index (χ3n) is 2.66. The molecule has 0 radical (unpaired) electrons. The SMILES string of the molecule is Cc1ccc(Cc2cc(C)oc2C)cc1. The monoisotopic (exact) mass is 200 g/mol. The fraction of sp³-hybridized carbons (Fsp3) is 0.286. The van der Waals surface area contributed by atoms with Gasteiger partial charge in [-0.2, -0.15) is 0 Å². The van der Waals surface area contributed by atoms with Crippen LogP contribution in [-0.2, 0) is 6.42 Å². The van der Waals surface area contributed by atoms with E-state index in [1.807, 2.05) is 13.8 Å². The summed E-state index contributed by atoms with van der Waals surface area (Å²) in [5.41, 5.74) is 3.93. The predicted molar refractivity (Wildman–Crippen MR) is 62.2 cm³/mol. The van der Waals surface area contributed by atoms with Gasteiger partial charge in [0.05, 0.1) is 0 Å². The van der Waals surface area contributed by atoms with Gasteiger partial charge in [-0.05, 0) is 38.0 Å². The van der Waals surface area contributed by atoms with Gasteiger partial charge in [-0.15, -0.1) is 0 Å². The molecule has 0 aliphatic heterocycles. The van der Waals surface area contributed by atoms with Crippen LogP contribution >= 0.6 is 0 Å². The third-order valence-corrected chi connectivity index (χ3v) is 2.66. The highest BCUT2D eigenvalue weighted by Crippen LogP contribution is 2.18. The van der Waals surface area contributed by atoms with Crippen molar-refractivity contribution in [2.45, 2.75) is 27.2 Å². The molecule has 1 aromatic carbocycles. The van der Waals surface area contributed by atoms with Crippen LogP contribution < -0.4 is 0 Å². The van der Waals surface area contributed by atoms with E-state index in [0.29, 0.717) is 0 Å². The standard InChI is InChI=1S/C14H16O/c1-10-4-6-13(7-5-10)9-14-8-11(2)15-12(14)3/h4-8H,9H2,1-3H3. The van der Waals surface area contributed by atoms with E-state index in [9.17, 15) is 0 Å². The van der Waals surface area contributed by atoms with E-state index in [-0.39, 0.29) is 0 Å². The maximum absolute atomic E-state index is 5.51. The number of hydrogen-bond donors (Lipinski definition) is 0. The Morgan fingerprint density at radius 2 is 1.67 bits per heavy atom. The Labute approximate surface area is 90.7 Å². The van der Waals surface area contributed by atoms with E-state index in [2.05, 4.69) is 37.3 Å². The Balaban J connectivity index is 2.21. The summed E-state index contributed by atoms with van der Waals surface area (Å²) in [4.78, 5) is 0. The van der Waals surface area contributed by atoms with E-state index < -0.39 is 0 Å². The van der Waals surface area contributed by atoms with Gasteiger partial charge in [0.1, 0.15) is 11.5 Å². The molecule has 0 fully saturated rings. The first-order valence-electron chi connectivity index (χ1n) is 5.26. The van der Waals surface area contributed by atoms with Gasteiger partial charge in [0.2, 0.25) is 0 Å². The summed E-state index contributed by atoms with van der Waals surface area (Å²) in [7, 11) is 0. The van der Waals surface area contributed by atoms with Gasteiger partial charge < -0.3 is 4.42 Å². The molecule has 0 N–H and O–H groups in total. The molecule has 1 aromatic heterocycles. The van der Waals surface area contributed by atoms with Crippen molar-refractivity contribution >= 4 is 0 Å². The largest absolute Gasteiger partial charge is 0.466 e. The molecule has 0 aliphatic carbocycles. The first-order valence-corrected chi connectivity index (χ1v) is 5.26. The Kier molecular flexibility index (Phi) is 2.63. The molecule has 0 spiro atoms. The lowest BCUT2D eigenvalue weighted by Gasteiger charge is -2.00. The van der Waals surface area contributed by atoms with Crippen LogP contribution in [0.4, 0.5) is 0 Å². The first kappa shape index (κ1) is 10.0. The molecule has 0 aliphatic rings. The molecule has 1 heteroatoms. The minimum atomic E-state index is 0.962. The van der Waals surface area contributed by atoms with Crippen molar-refractivity contribution < 1.29 is 4.42 Å². The number of furan rings is 1. The van der Waals surface area contributed by atoms with E-state index in [1.54, 1.807) is 0 Å². The zero-order valence-electron chi connectivity index (χ0n) is 9.50. The van der Waals surface area contributed by atoms with Crippen molar-refractivity contribution in [1.82, 2.24) is 0 Å². The van der Waals surface area contributed by atoms with Crippen LogP contribution in [0, 0.1) is 20.8 Å². The van der Waals surface area contributed by atoms with Gasteiger partial charge in [-0.25, -0.2) is 0 Å². The molecular formula is C14H16O. The normalized spacial score (nSPS) is 10.6. The average molecular weight is 200 g/mol. The highest BCUT2D eigenvalue weighted by Gasteiger charge is 2.04. The van der Waals surface area contributed by atoms with Crippen molar-refractivity contribution in [2.75, 3.05) is 0 Å². The molecule has 0 atom stereocenters. The van der Waals surface area contributed by atoms with Gasteiger partial charge in [0.25, 0.3) is 0 Å². The zero-order chi connectivity index (χ0) is 10.8. The topological polar surface area (TPSA) is 13.1 Å². The van der Waals surface area contributed by atoms with E-state index in [0.717, 1.165) is 17.9 Å². The molecule has 0 unspecified atom stereocenters. The summed E-state index contributed by atoms with van der Waals surface area (Å²) in [6, 6.07) is 10.8. The van der Waals surface area contributed by atoms with Crippen LogP contribution in [0.25, 0.3) is 0 Å². The van der Waals surface area contributed by atoms with Crippen LogP contribution in [0.3, 0.4) is 0 Å². The second-order valence-corrected chi connectivity index (χ2v) is 4.10. The minimum absolute atomic E-state index is 0.962.